The molecule has 0 spiro atoms. The Morgan fingerprint density at radius 2 is 1.83 bits per heavy atom. The number of hydrogen-bond donors (Lipinski definition) is 2. The molecule has 9 heteroatoms. The van der Waals surface area contributed by atoms with Crippen LogP contribution in [0.5, 0.6) is 0 Å². The van der Waals surface area contributed by atoms with Gasteiger partial charge in [-0.15, -0.1) is 0 Å². The Labute approximate surface area is 201 Å². The van der Waals surface area contributed by atoms with E-state index < -0.39 is 28.8 Å². The number of aliphatic hydroxyl groups is 1. The first kappa shape index (κ1) is 25.2. The zero-order valence-corrected chi connectivity index (χ0v) is 19.8. The van der Waals surface area contributed by atoms with Gasteiger partial charge in [0.2, 0.25) is 0 Å². The number of halogens is 3. The Balaban J connectivity index is 1.58. The van der Waals surface area contributed by atoms with Crippen molar-refractivity contribution in [3.8, 4) is 0 Å². The number of aromatic amines is 1. The number of benzene rings is 2. The van der Waals surface area contributed by atoms with Crippen LogP contribution in [0.15, 0.2) is 59.7 Å². The van der Waals surface area contributed by atoms with Crippen LogP contribution >= 0.6 is 0 Å². The summed E-state index contributed by atoms with van der Waals surface area (Å²) < 4.78 is 47.7. The summed E-state index contributed by atoms with van der Waals surface area (Å²) in [5.74, 6) is 0. The molecular formula is C26H30F3N3O3. The van der Waals surface area contributed by atoms with Crippen LogP contribution in [0.2, 0.25) is 0 Å². The molecule has 3 aromatic rings. The minimum absolute atomic E-state index is 0.196. The van der Waals surface area contributed by atoms with E-state index in [0.29, 0.717) is 43.4 Å². The fourth-order valence-corrected chi connectivity index (χ4v) is 5.16. The van der Waals surface area contributed by atoms with E-state index in [1.54, 1.807) is 19.9 Å². The van der Waals surface area contributed by atoms with Crippen molar-refractivity contribution in [2.45, 2.75) is 62.8 Å². The molecule has 1 aliphatic carbocycles. The molecule has 2 aromatic carbocycles. The molecule has 1 atom stereocenters. The SMILES string of the molecule is Cc1cc([C@@H](C)OCC2(c3ccccc3)CCC(CO)(n3cn[nH]c3=O)CC2)cc(C(F)(F)F)c1. The summed E-state index contributed by atoms with van der Waals surface area (Å²) in [5.41, 5.74) is -0.138. The Morgan fingerprint density at radius 1 is 1.14 bits per heavy atom. The molecule has 1 aromatic heterocycles. The fourth-order valence-electron chi connectivity index (χ4n) is 5.16. The molecule has 0 bridgehead atoms. The van der Waals surface area contributed by atoms with Gasteiger partial charge in [0.05, 0.1) is 30.4 Å². The number of aliphatic hydroxyl groups excluding tert-OH is 1. The summed E-state index contributed by atoms with van der Waals surface area (Å²) in [6.45, 7) is 3.51. The number of nitrogens with zero attached hydrogens (tertiary/aromatic N) is 2. The van der Waals surface area contributed by atoms with Crippen LogP contribution in [0.1, 0.15) is 61.0 Å². The standard InChI is InChI=1S/C26H30F3N3O3/c1-18-12-20(14-22(13-18)26(27,28)29)19(2)35-16-24(21-6-4-3-5-7-21)8-10-25(15-33,11-9-24)32-17-30-31-23(32)34/h3-7,12-14,17,19,33H,8-11,15-16H2,1-2H3,(H,31,34)/t19-,24?,25?/m1/s1. The number of alkyl halides is 3. The summed E-state index contributed by atoms with van der Waals surface area (Å²) >= 11 is 0. The normalized spacial score (nSPS) is 23.8. The highest BCUT2D eigenvalue weighted by atomic mass is 19.4. The second-order valence-corrected chi connectivity index (χ2v) is 9.64. The minimum atomic E-state index is -4.42. The van der Waals surface area contributed by atoms with Gasteiger partial charge in [0, 0.05) is 5.41 Å². The molecule has 2 N–H and O–H groups in total. The van der Waals surface area contributed by atoms with Crippen molar-refractivity contribution in [3.63, 3.8) is 0 Å². The number of aromatic nitrogens is 3. The number of rotatable bonds is 7. The lowest BCUT2D eigenvalue weighted by molar-refractivity contribution is -0.137. The van der Waals surface area contributed by atoms with Gasteiger partial charge in [-0.1, -0.05) is 42.0 Å². The second-order valence-electron chi connectivity index (χ2n) is 9.64. The third kappa shape index (κ3) is 5.06. The molecule has 0 radical (unpaired) electrons. The van der Waals surface area contributed by atoms with Crippen LogP contribution in [0.3, 0.4) is 0 Å². The van der Waals surface area contributed by atoms with Crippen molar-refractivity contribution in [3.05, 3.63) is 87.6 Å². The van der Waals surface area contributed by atoms with E-state index in [4.69, 9.17) is 4.74 Å². The van der Waals surface area contributed by atoms with Crippen LogP contribution < -0.4 is 5.69 Å². The zero-order valence-electron chi connectivity index (χ0n) is 19.8. The summed E-state index contributed by atoms with van der Waals surface area (Å²) in [7, 11) is 0. The van der Waals surface area contributed by atoms with E-state index in [9.17, 15) is 23.1 Å². The molecule has 0 amide bonds. The molecule has 6 nitrogen and oxygen atoms in total. The van der Waals surface area contributed by atoms with Gasteiger partial charge >= 0.3 is 11.9 Å². The Kier molecular flexibility index (Phi) is 6.92. The van der Waals surface area contributed by atoms with Crippen molar-refractivity contribution in [1.82, 2.24) is 14.8 Å². The monoisotopic (exact) mass is 489 g/mol. The van der Waals surface area contributed by atoms with Gasteiger partial charge in [0.15, 0.2) is 0 Å². The summed E-state index contributed by atoms with van der Waals surface area (Å²) in [6, 6.07) is 13.9. The Hall–Kier alpha value is -2.91. The maximum atomic E-state index is 13.3. The number of nitrogens with one attached hydrogen (secondary N) is 1. The lowest BCUT2D eigenvalue weighted by Crippen LogP contribution is -2.50. The summed E-state index contributed by atoms with van der Waals surface area (Å²) in [5, 5.41) is 16.5. The largest absolute Gasteiger partial charge is 0.416 e. The summed E-state index contributed by atoms with van der Waals surface area (Å²) in [4.78, 5) is 12.2. The quantitative estimate of drug-likeness (QED) is 0.496. The average Bonchev–Trinajstić information content (AvgIpc) is 3.29. The van der Waals surface area contributed by atoms with Gasteiger partial charge < -0.3 is 9.84 Å². The Bertz CT molecular complexity index is 1200. The molecule has 188 valence electrons. The molecule has 0 unspecified atom stereocenters. The highest BCUT2D eigenvalue weighted by Crippen LogP contribution is 2.46. The van der Waals surface area contributed by atoms with Crippen molar-refractivity contribution < 1.29 is 23.0 Å². The van der Waals surface area contributed by atoms with Gasteiger partial charge in [0.25, 0.3) is 0 Å². The van der Waals surface area contributed by atoms with E-state index in [2.05, 4.69) is 10.2 Å². The van der Waals surface area contributed by atoms with Gasteiger partial charge in [0.1, 0.15) is 6.33 Å². The predicted octanol–water partition coefficient (Wildman–Crippen LogP) is 4.88. The van der Waals surface area contributed by atoms with Gasteiger partial charge in [-0.2, -0.15) is 18.3 Å². The second kappa shape index (κ2) is 9.62. The van der Waals surface area contributed by atoms with Crippen molar-refractivity contribution in [2.24, 2.45) is 0 Å². The summed E-state index contributed by atoms with van der Waals surface area (Å²) in [6.07, 6.45) is -1.24. The maximum Gasteiger partial charge on any atom is 0.416 e. The minimum Gasteiger partial charge on any atom is -0.394 e. The third-order valence-corrected chi connectivity index (χ3v) is 7.39. The zero-order chi connectivity index (χ0) is 25.3. The van der Waals surface area contributed by atoms with E-state index in [0.717, 1.165) is 17.7 Å². The molecule has 1 saturated carbocycles. The first-order valence-corrected chi connectivity index (χ1v) is 11.7. The van der Waals surface area contributed by atoms with Crippen LogP contribution in [-0.2, 0) is 21.9 Å². The third-order valence-electron chi connectivity index (χ3n) is 7.39. The fraction of sp³-hybridized carbons (Fsp3) is 0.462. The topological polar surface area (TPSA) is 80.1 Å². The van der Waals surface area contributed by atoms with Crippen LogP contribution in [-0.4, -0.2) is 33.1 Å². The van der Waals surface area contributed by atoms with Crippen molar-refractivity contribution in [2.75, 3.05) is 13.2 Å². The number of ether oxygens (including phenoxy) is 1. The number of H-pyrrole nitrogens is 1. The predicted molar refractivity (Wildman–Crippen MR) is 125 cm³/mol. The average molecular weight is 490 g/mol. The smallest absolute Gasteiger partial charge is 0.394 e. The molecule has 4 rings (SSSR count). The first-order valence-electron chi connectivity index (χ1n) is 11.7. The van der Waals surface area contributed by atoms with E-state index in [1.165, 1.54) is 10.9 Å². The van der Waals surface area contributed by atoms with Gasteiger partial charge in [-0.25, -0.2) is 9.89 Å². The highest BCUT2D eigenvalue weighted by molar-refractivity contribution is 5.33. The van der Waals surface area contributed by atoms with Crippen LogP contribution in [0.4, 0.5) is 13.2 Å². The molecule has 1 aliphatic rings. The van der Waals surface area contributed by atoms with Crippen molar-refractivity contribution >= 4 is 0 Å². The number of aryl methyl sites for hydroxylation is 1. The maximum absolute atomic E-state index is 13.3. The molecule has 35 heavy (non-hydrogen) atoms. The molecular weight excluding hydrogens is 459 g/mol. The van der Waals surface area contributed by atoms with E-state index in [-0.39, 0.29) is 12.3 Å². The Morgan fingerprint density at radius 3 is 2.40 bits per heavy atom. The number of hydrogen-bond acceptors (Lipinski definition) is 4. The molecule has 0 aliphatic heterocycles. The van der Waals surface area contributed by atoms with Crippen LogP contribution in [0, 0.1) is 6.92 Å². The molecule has 1 fully saturated rings. The van der Waals surface area contributed by atoms with E-state index >= 15 is 0 Å². The van der Waals surface area contributed by atoms with Crippen molar-refractivity contribution in [1.29, 1.82) is 0 Å². The lowest BCUT2D eigenvalue weighted by atomic mass is 9.64. The van der Waals surface area contributed by atoms with Gasteiger partial charge in [-0.3, -0.25) is 4.57 Å². The van der Waals surface area contributed by atoms with Crippen LogP contribution in [0.25, 0.3) is 0 Å². The molecule has 0 saturated heterocycles. The van der Waals surface area contributed by atoms with E-state index in [1.807, 2.05) is 30.3 Å². The molecule has 1 heterocycles. The highest BCUT2D eigenvalue weighted by Gasteiger charge is 2.45. The first-order chi connectivity index (χ1) is 16.6. The van der Waals surface area contributed by atoms with Gasteiger partial charge in [-0.05, 0) is 62.8 Å². The lowest BCUT2D eigenvalue weighted by Gasteiger charge is -2.46.